The summed E-state index contributed by atoms with van der Waals surface area (Å²) in [6, 6.07) is 29.8. The number of halogens is 2. The van der Waals surface area contributed by atoms with Crippen LogP contribution in [0, 0.1) is 5.82 Å². The van der Waals surface area contributed by atoms with Crippen LogP contribution in [-0.2, 0) is 22.9 Å². The second-order valence-electron chi connectivity index (χ2n) is 10.9. The van der Waals surface area contributed by atoms with Gasteiger partial charge in [-0.2, -0.15) is 0 Å². The number of aryl methyl sites for hydroxylation is 1. The number of sulfone groups is 1. The van der Waals surface area contributed by atoms with Crippen molar-refractivity contribution in [2.45, 2.75) is 24.3 Å². The molecule has 0 amide bonds. The zero-order chi connectivity index (χ0) is 32.6. The molecule has 2 N–H and O–H groups in total. The van der Waals surface area contributed by atoms with E-state index in [9.17, 15) is 12.8 Å². The van der Waals surface area contributed by atoms with Crippen LogP contribution < -0.4 is 15.4 Å². The second-order valence-corrected chi connectivity index (χ2v) is 13.4. The normalized spacial score (nSPS) is 11.5. The highest BCUT2D eigenvalue weighted by Gasteiger charge is 2.14. The zero-order valence-electron chi connectivity index (χ0n) is 25.3. The number of nitrogens with one attached hydrogen (secondary N) is 2. The smallest absolute Gasteiger partial charge is 0.179 e. The number of rotatable bonds is 14. The Morgan fingerprint density at radius 2 is 1.74 bits per heavy atom. The molecule has 0 radical (unpaired) electrons. The number of hydrogen-bond donors (Lipinski definition) is 2. The first-order chi connectivity index (χ1) is 22.8. The van der Waals surface area contributed by atoms with Crippen LogP contribution in [0.4, 0.5) is 15.9 Å². The minimum atomic E-state index is -3.29. The third kappa shape index (κ3) is 8.34. The van der Waals surface area contributed by atoms with E-state index in [0.717, 1.165) is 34.4 Å². The van der Waals surface area contributed by atoms with Gasteiger partial charge in [0.05, 0.1) is 21.2 Å². The maximum atomic E-state index is 13.5. The van der Waals surface area contributed by atoms with Crippen molar-refractivity contribution >= 4 is 43.8 Å². The molecule has 0 bridgehead atoms. The molecule has 0 aliphatic rings. The second kappa shape index (κ2) is 14.8. The predicted octanol–water partition coefficient (Wildman–Crippen LogP) is 8.00. The highest BCUT2D eigenvalue weighted by molar-refractivity contribution is 7.91. The van der Waals surface area contributed by atoms with Gasteiger partial charge in [-0.15, -0.1) is 0 Å². The summed E-state index contributed by atoms with van der Waals surface area (Å²) in [6.45, 7) is 1.25. The molecular formula is C36H32ClFN4O4S. The van der Waals surface area contributed by atoms with E-state index in [-0.39, 0.29) is 18.2 Å². The summed E-state index contributed by atoms with van der Waals surface area (Å²) in [6.07, 6.45) is 3.01. The van der Waals surface area contributed by atoms with Crippen molar-refractivity contribution in [3.63, 3.8) is 0 Å². The van der Waals surface area contributed by atoms with Gasteiger partial charge in [-0.25, -0.2) is 22.8 Å². The largest absolute Gasteiger partial charge is 0.487 e. The summed E-state index contributed by atoms with van der Waals surface area (Å²) < 4.78 is 50.3. The maximum absolute atomic E-state index is 13.5. The molecular weight excluding hydrogens is 639 g/mol. The fourth-order valence-corrected chi connectivity index (χ4v) is 6.52. The van der Waals surface area contributed by atoms with Crippen molar-refractivity contribution in [1.29, 1.82) is 0 Å². The van der Waals surface area contributed by atoms with Crippen LogP contribution in [0.25, 0.3) is 22.2 Å². The summed E-state index contributed by atoms with van der Waals surface area (Å²) >= 11 is 6.51. The van der Waals surface area contributed by atoms with E-state index >= 15 is 0 Å². The first-order valence-corrected chi connectivity index (χ1v) is 17.1. The van der Waals surface area contributed by atoms with Gasteiger partial charge in [0.2, 0.25) is 0 Å². The Morgan fingerprint density at radius 3 is 2.57 bits per heavy atom. The molecule has 6 rings (SSSR count). The highest BCUT2D eigenvalue weighted by atomic mass is 35.5. The van der Waals surface area contributed by atoms with Crippen LogP contribution in [0.3, 0.4) is 0 Å². The number of fused-ring (bicyclic) bond motifs is 1. The fourth-order valence-electron chi connectivity index (χ4n) is 5.06. The van der Waals surface area contributed by atoms with Gasteiger partial charge < -0.3 is 19.8 Å². The maximum Gasteiger partial charge on any atom is 0.179 e. The lowest BCUT2D eigenvalue weighted by Crippen LogP contribution is -2.24. The summed E-state index contributed by atoms with van der Waals surface area (Å²) in [7, 11) is -3.29. The molecule has 6 aromatic rings. The monoisotopic (exact) mass is 670 g/mol. The number of hydrogen-bond acceptors (Lipinski definition) is 8. The molecule has 0 fully saturated rings. The van der Waals surface area contributed by atoms with E-state index in [2.05, 4.69) is 20.6 Å². The van der Waals surface area contributed by atoms with Gasteiger partial charge in [0.15, 0.2) is 9.84 Å². The molecule has 0 unspecified atom stereocenters. The summed E-state index contributed by atoms with van der Waals surface area (Å²) in [4.78, 5) is 9.23. The third-order valence-electron chi connectivity index (χ3n) is 7.49. The van der Waals surface area contributed by atoms with Crippen molar-refractivity contribution in [3.05, 3.63) is 132 Å². The van der Waals surface area contributed by atoms with Crippen LogP contribution in [0.15, 0.2) is 119 Å². The van der Waals surface area contributed by atoms with Crippen LogP contribution in [0.2, 0.25) is 5.02 Å². The van der Waals surface area contributed by atoms with Gasteiger partial charge in [-0.05, 0) is 91.3 Å². The van der Waals surface area contributed by atoms with Gasteiger partial charge in [-0.3, -0.25) is 0 Å². The minimum Gasteiger partial charge on any atom is -0.487 e. The Balaban J connectivity index is 1.05. The Morgan fingerprint density at radius 1 is 0.872 bits per heavy atom. The molecule has 0 atom stereocenters. The summed E-state index contributed by atoms with van der Waals surface area (Å²) in [5.41, 5.74) is 3.06. The molecule has 4 aromatic carbocycles. The molecule has 240 valence electrons. The topological polar surface area (TPSA) is 106 Å². The molecule has 0 aliphatic carbocycles. The lowest BCUT2D eigenvalue weighted by molar-refractivity contribution is 0.306. The number of aromatic nitrogens is 2. The summed E-state index contributed by atoms with van der Waals surface area (Å²) in [5.74, 6) is 2.39. The average Bonchev–Trinajstić information content (AvgIpc) is 3.55. The Bertz CT molecular complexity index is 2090. The van der Waals surface area contributed by atoms with Crippen LogP contribution >= 0.6 is 11.6 Å². The predicted molar refractivity (Wildman–Crippen MR) is 182 cm³/mol. The number of anilines is 2. The molecule has 2 aromatic heterocycles. The SMILES string of the molecule is O=S(=O)(CCNCCCc1ccc(-c2ccc3ncnc(Nc4ccc(OCc5cccc(F)c5)c(Cl)c4)c3c2)o1)c1ccccc1. The molecule has 47 heavy (non-hydrogen) atoms. The van der Waals surface area contributed by atoms with Crippen LogP contribution in [-0.4, -0.2) is 37.2 Å². The lowest BCUT2D eigenvalue weighted by atomic mass is 10.1. The van der Waals surface area contributed by atoms with E-state index in [4.69, 9.17) is 20.8 Å². The molecule has 0 saturated heterocycles. The molecule has 11 heteroatoms. The molecule has 0 saturated carbocycles. The number of nitrogens with zero attached hydrogens (tertiary/aromatic N) is 2. The Hall–Kier alpha value is -4.77. The van der Waals surface area contributed by atoms with Crippen LogP contribution in [0.5, 0.6) is 5.75 Å². The van der Waals surface area contributed by atoms with Crippen molar-refractivity contribution in [2.24, 2.45) is 0 Å². The number of benzene rings is 4. The highest BCUT2D eigenvalue weighted by Crippen LogP contribution is 2.33. The van der Waals surface area contributed by atoms with Crippen molar-refractivity contribution in [1.82, 2.24) is 15.3 Å². The van der Waals surface area contributed by atoms with Gasteiger partial charge in [0, 0.05) is 29.6 Å². The average molecular weight is 671 g/mol. The zero-order valence-corrected chi connectivity index (χ0v) is 26.9. The van der Waals surface area contributed by atoms with E-state index < -0.39 is 9.84 Å². The van der Waals surface area contributed by atoms with Gasteiger partial charge in [0.25, 0.3) is 0 Å². The molecule has 2 heterocycles. The van der Waals surface area contributed by atoms with Crippen molar-refractivity contribution < 1.29 is 22.0 Å². The van der Waals surface area contributed by atoms with Crippen molar-refractivity contribution in [3.8, 4) is 17.1 Å². The van der Waals surface area contributed by atoms with E-state index in [0.29, 0.717) is 52.2 Å². The minimum absolute atomic E-state index is 0.0508. The van der Waals surface area contributed by atoms with Gasteiger partial charge >= 0.3 is 0 Å². The first kappa shape index (κ1) is 32.2. The van der Waals surface area contributed by atoms with Crippen LogP contribution in [0.1, 0.15) is 17.7 Å². The van der Waals surface area contributed by atoms with E-state index in [1.807, 2.05) is 36.4 Å². The van der Waals surface area contributed by atoms with E-state index in [1.165, 1.54) is 18.5 Å². The number of furan rings is 1. The number of ether oxygens (including phenoxy) is 1. The summed E-state index contributed by atoms with van der Waals surface area (Å²) in [5, 5.41) is 7.75. The molecule has 0 spiro atoms. The van der Waals surface area contributed by atoms with E-state index in [1.54, 1.807) is 54.6 Å². The molecule has 0 aliphatic heterocycles. The Kier molecular flexibility index (Phi) is 10.1. The van der Waals surface area contributed by atoms with Gasteiger partial charge in [0.1, 0.15) is 41.8 Å². The quantitative estimate of drug-likeness (QED) is 0.112. The first-order valence-electron chi connectivity index (χ1n) is 15.1. The van der Waals surface area contributed by atoms with Gasteiger partial charge in [-0.1, -0.05) is 41.9 Å². The molecule has 8 nitrogen and oxygen atoms in total. The standard InChI is InChI=1S/C36H32ClFN4O4S/c37-32-22-28(12-15-35(32)45-23-25-6-4-7-27(38)20-25)42-36-31-21-26(11-14-33(31)40-24-41-36)34-16-13-29(46-34)8-5-17-39-18-19-47(43,44)30-9-2-1-3-10-30/h1-4,6-7,9-16,20-22,24,39H,5,8,17-19,23H2,(H,40,41,42). The van der Waals surface area contributed by atoms with Crippen molar-refractivity contribution in [2.75, 3.05) is 24.2 Å². The third-order valence-corrected chi connectivity index (χ3v) is 9.51. The fraction of sp³-hybridized carbons (Fsp3) is 0.167. The lowest BCUT2D eigenvalue weighted by Gasteiger charge is -2.12. The Labute approximate surface area is 277 Å².